The van der Waals surface area contributed by atoms with E-state index in [2.05, 4.69) is 5.32 Å². The molecule has 10 heteroatoms. The molecule has 1 aliphatic heterocycles. The Morgan fingerprint density at radius 2 is 1.96 bits per heavy atom. The van der Waals surface area contributed by atoms with Crippen LogP contribution in [0.5, 0.6) is 0 Å². The van der Waals surface area contributed by atoms with Crippen LogP contribution >= 0.6 is 12.4 Å². The Labute approximate surface area is 138 Å². The van der Waals surface area contributed by atoms with Gasteiger partial charge < -0.3 is 5.32 Å². The normalized spacial score (nSPS) is 20.1. The predicted molar refractivity (Wildman–Crippen MR) is 79.5 cm³/mol. The van der Waals surface area contributed by atoms with Gasteiger partial charge in [-0.25, -0.2) is 12.8 Å². The minimum atomic E-state index is -4.94. The van der Waals surface area contributed by atoms with Gasteiger partial charge in [-0.15, -0.1) is 12.4 Å². The first-order valence-corrected chi connectivity index (χ1v) is 8.14. The van der Waals surface area contributed by atoms with Crippen LogP contribution in [0.1, 0.15) is 18.4 Å². The number of piperidine rings is 1. The number of hydrogen-bond acceptors (Lipinski definition) is 3. The lowest BCUT2D eigenvalue weighted by atomic mass is 10.1. The average molecular weight is 377 g/mol. The molecule has 1 aliphatic rings. The van der Waals surface area contributed by atoms with E-state index in [4.69, 9.17) is 0 Å². The standard InChI is InChI=1S/C13H16F4N2O2S.ClH/c1-18-9-3-2-6-19(8-9)22(20,21)10-4-5-12(14)11(7-10)13(15,16)17;/h4-5,7,9,18H,2-3,6,8H2,1H3;1H. The van der Waals surface area contributed by atoms with Crippen LogP contribution in [-0.4, -0.2) is 38.9 Å². The second kappa shape index (κ2) is 7.33. The fourth-order valence-corrected chi connectivity index (χ4v) is 3.98. The third-order valence-electron chi connectivity index (χ3n) is 3.67. The predicted octanol–water partition coefficient (Wildman–Crippen LogP) is 2.64. The van der Waals surface area contributed by atoms with Crippen molar-refractivity contribution in [1.82, 2.24) is 9.62 Å². The number of halogens is 5. The Balaban J connectivity index is 0.00000264. The first-order valence-electron chi connectivity index (χ1n) is 6.70. The van der Waals surface area contributed by atoms with Gasteiger partial charge in [-0.2, -0.15) is 17.5 Å². The largest absolute Gasteiger partial charge is 0.419 e. The zero-order chi connectivity index (χ0) is 16.5. The Hall–Kier alpha value is -0.900. The highest BCUT2D eigenvalue weighted by atomic mass is 35.5. The molecule has 0 radical (unpaired) electrons. The van der Waals surface area contributed by atoms with E-state index in [-0.39, 0.29) is 31.5 Å². The SMILES string of the molecule is CNC1CCCN(S(=O)(=O)c2ccc(F)c(C(F)(F)F)c2)C1.Cl. The summed E-state index contributed by atoms with van der Waals surface area (Å²) in [5.74, 6) is -1.49. The Kier molecular flexibility index (Phi) is 6.42. The third kappa shape index (κ3) is 4.34. The van der Waals surface area contributed by atoms with E-state index in [1.54, 1.807) is 7.05 Å². The van der Waals surface area contributed by atoms with Crippen LogP contribution in [0.2, 0.25) is 0 Å². The fourth-order valence-electron chi connectivity index (χ4n) is 2.43. The molecule has 0 amide bonds. The number of benzene rings is 1. The maximum absolute atomic E-state index is 13.3. The van der Waals surface area contributed by atoms with E-state index in [0.717, 1.165) is 16.8 Å². The molecule has 0 aliphatic carbocycles. The lowest BCUT2D eigenvalue weighted by Crippen LogP contribution is -2.46. The van der Waals surface area contributed by atoms with Crippen LogP contribution in [0.3, 0.4) is 0 Å². The van der Waals surface area contributed by atoms with Crippen LogP contribution in [0.25, 0.3) is 0 Å². The van der Waals surface area contributed by atoms with Crippen molar-refractivity contribution in [2.45, 2.75) is 30.0 Å². The van der Waals surface area contributed by atoms with Crippen molar-refractivity contribution in [2.24, 2.45) is 0 Å². The van der Waals surface area contributed by atoms with Gasteiger partial charge in [-0.05, 0) is 38.1 Å². The van der Waals surface area contributed by atoms with E-state index in [1.807, 2.05) is 0 Å². The number of alkyl halides is 3. The van der Waals surface area contributed by atoms with E-state index in [9.17, 15) is 26.0 Å². The summed E-state index contributed by atoms with van der Waals surface area (Å²) >= 11 is 0. The van der Waals surface area contributed by atoms with Crippen molar-refractivity contribution in [3.8, 4) is 0 Å². The molecule has 23 heavy (non-hydrogen) atoms. The van der Waals surface area contributed by atoms with Crippen molar-refractivity contribution in [3.05, 3.63) is 29.6 Å². The number of sulfonamides is 1. The zero-order valence-corrected chi connectivity index (χ0v) is 13.9. The average Bonchev–Trinajstić information content (AvgIpc) is 2.46. The summed E-state index contributed by atoms with van der Waals surface area (Å²) in [6.45, 7) is 0.413. The van der Waals surface area contributed by atoms with Gasteiger partial charge in [0.25, 0.3) is 0 Å². The fraction of sp³-hybridized carbons (Fsp3) is 0.538. The van der Waals surface area contributed by atoms with Gasteiger partial charge in [-0.1, -0.05) is 0 Å². The lowest BCUT2D eigenvalue weighted by molar-refractivity contribution is -0.140. The van der Waals surface area contributed by atoms with E-state index < -0.39 is 32.5 Å². The maximum Gasteiger partial charge on any atom is 0.419 e. The molecule has 1 aromatic carbocycles. The maximum atomic E-state index is 13.3. The minimum absolute atomic E-state index is 0. The molecule has 132 valence electrons. The molecule has 1 heterocycles. The Morgan fingerprint density at radius 3 is 2.52 bits per heavy atom. The summed E-state index contributed by atoms with van der Waals surface area (Å²) in [6, 6.07) is 1.71. The molecule has 1 aromatic rings. The van der Waals surface area contributed by atoms with Gasteiger partial charge >= 0.3 is 6.18 Å². The van der Waals surface area contributed by atoms with Crippen molar-refractivity contribution in [1.29, 1.82) is 0 Å². The molecule has 1 atom stereocenters. The van der Waals surface area contributed by atoms with Crippen LogP contribution in [0.4, 0.5) is 17.6 Å². The van der Waals surface area contributed by atoms with E-state index in [1.165, 1.54) is 0 Å². The van der Waals surface area contributed by atoms with Gasteiger partial charge in [0.2, 0.25) is 10.0 Å². The first-order chi connectivity index (χ1) is 10.2. The van der Waals surface area contributed by atoms with Gasteiger partial charge in [0.1, 0.15) is 5.82 Å². The molecule has 4 nitrogen and oxygen atoms in total. The molecule has 1 unspecified atom stereocenters. The molecule has 1 saturated heterocycles. The third-order valence-corrected chi connectivity index (χ3v) is 5.53. The summed E-state index contributed by atoms with van der Waals surface area (Å²) in [7, 11) is -2.38. The van der Waals surface area contributed by atoms with Crippen LogP contribution in [0.15, 0.2) is 23.1 Å². The highest BCUT2D eigenvalue weighted by Crippen LogP contribution is 2.33. The van der Waals surface area contributed by atoms with Crippen LogP contribution in [0, 0.1) is 5.82 Å². The molecule has 0 bridgehead atoms. The number of nitrogens with zero attached hydrogens (tertiary/aromatic N) is 1. The number of rotatable bonds is 3. The minimum Gasteiger partial charge on any atom is -0.316 e. The molecule has 1 N–H and O–H groups in total. The molecular formula is C13H17ClF4N2O2S. The molecule has 2 rings (SSSR count). The molecular weight excluding hydrogens is 360 g/mol. The van der Waals surface area contributed by atoms with Crippen molar-refractivity contribution in [3.63, 3.8) is 0 Å². The zero-order valence-electron chi connectivity index (χ0n) is 12.2. The van der Waals surface area contributed by atoms with Gasteiger partial charge in [-0.3, -0.25) is 0 Å². The van der Waals surface area contributed by atoms with Crippen LogP contribution in [-0.2, 0) is 16.2 Å². The number of likely N-dealkylation sites (N-methyl/N-ethyl adjacent to an activating group) is 1. The second-order valence-corrected chi connectivity index (χ2v) is 7.07. The summed E-state index contributed by atoms with van der Waals surface area (Å²) < 4.78 is 77.5. The van der Waals surface area contributed by atoms with E-state index >= 15 is 0 Å². The first kappa shape index (κ1) is 20.1. The number of hydrogen-bond donors (Lipinski definition) is 1. The van der Waals surface area contributed by atoms with E-state index in [0.29, 0.717) is 18.6 Å². The summed E-state index contributed by atoms with van der Waals surface area (Å²) in [5.41, 5.74) is -1.57. The van der Waals surface area contributed by atoms with Gasteiger partial charge in [0.05, 0.1) is 10.5 Å². The summed E-state index contributed by atoms with van der Waals surface area (Å²) in [6.07, 6.45) is -3.54. The number of nitrogens with one attached hydrogen (secondary N) is 1. The topological polar surface area (TPSA) is 49.4 Å². The Bertz CT molecular complexity index is 652. The van der Waals surface area contributed by atoms with Gasteiger partial charge in [0, 0.05) is 19.1 Å². The molecule has 0 saturated carbocycles. The molecule has 1 fully saturated rings. The highest BCUT2D eigenvalue weighted by Gasteiger charge is 2.37. The van der Waals surface area contributed by atoms with Crippen molar-refractivity contribution >= 4 is 22.4 Å². The van der Waals surface area contributed by atoms with Crippen molar-refractivity contribution in [2.75, 3.05) is 20.1 Å². The lowest BCUT2D eigenvalue weighted by Gasteiger charge is -2.31. The van der Waals surface area contributed by atoms with Crippen molar-refractivity contribution < 1.29 is 26.0 Å². The highest BCUT2D eigenvalue weighted by molar-refractivity contribution is 7.89. The summed E-state index contributed by atoms with van der Waals surface area (Å²) in [4.78, 5) is -0.544. The summed E-state index contributed by atoms with van der Waals surface area (Å²) in [5, 5.41) is 2.96. The monoisotopic (exact) mass is 376 g/mol. The molecule has 0 spiro atoms. The second-order valence-electron chi connectivity index (χ2n) is 5.13. The quantitative estimate of drug-likeness (QED) is 0.825. The van der Waals surface area contributed by atoms with Crippen LogP contribution < -0.4 is 5.32 Å². The van der Waals surface area contributed by atoms with Gasteiger partial charge in [0.15, 0.2) is 0 Å². The Morgan fingerprint density at radius 1 is 1.30 bits per heavy atom. The smallest absolute Gasteiger partial charge is 0.316 e. The molecule has 0 aromatic heterocycles.